The van der Waals surface area contributed by atoms with E-state index in [4.69, 9.17) is 27.6 Å². The number of carbonyl (C=O) groups is 1. The fraction of sp³-hybridized carbons (Fsp3) is 0.214. The lowest BCUT2D eigenvalue weighted by Crippen LogP contribution is -2.25. The minimum Gasteiger partial charge on any atom is -0.472 e. The highest BCUT2D eigenvalue weighted by Gasteiger charge is 2.12. The Hall–Kier alpha value is -1.49. The molecule has 4 nitrogen and oxygen atoms in total. The summed E-state index contributed by atoms with van der Waals surface area (Å²) >= 11 is 11.8. The fourth-order valence-electron chi connectivity index (χ4n) is 1.72. The number of aliphatic hydroxyl groups excluding tert-OH is 1. The van der Waals surface area contributed by atoms with Crippen LogP contribution in [0.4, 0.5) is 0 Å². The van der Waals surface area contributed by atoms with Crippen LogP contribution in [-0.2, 0) is 0 Å². The Morgan fingerprint density at radius 3 is 2.85 bits per heavy atom. The molecule has 2 aromatic rings. The first-order valence-electron chi connectivity index (χ1n) is 6.01. The van der Waals surface area contributed by atoms with Gasteiger partial charge in [-0.2, -0.15) is 0 Å². The van der Waals surface area contributed by atoms with Crippen molar-refractivity contribution in [1.29, 1.82) is 0 Å². The van der Waals surface area contributed by atoms with E-state index in [0.717, 1.165) is 0 Å². The second-order valence-electron chi connectivity index (χ2n) is 4.24. The molecule has 1 amide bonds. The average molecular weight is 314 g/mol. The summed E-state index contributed by atoms with van der Waals surface area (Å²) in [5.74, 6) is -0.322. The topological polar surface area (TPSA) is 62.5 Å². The Kier molecular flexibility index (Phi) is 5.06. The summed E-state index contributed by atoms with van der Waals surface area (Å²) in [5, 5.41) is 13.3. The van der Waals surface area contributed by atoms with Crippen molar-refractivity contribution < 1.29 is 14.3 Å². The van der Waals surface area contributed by atoms with Gasteiger partial charge in [0.2, 0.25) is 0 Å². The number of benzene rings is 1. The van der Waals surface area contributed by atoms with Crippen LogP contribution in [0.15, 0.2) is 41.2 Å². The van der Waals surface area contributed by atoms with Crippen molar-refractivity contribution in [2.24, 2.45) is 0 Å². The summed E-state index contributed by atoms with van der Waals surface area (Å²) < 4.78 is 4.88. The molecular formula is C14H13Cl2NO3. The number of nitrogens with one attached hydrogen (secondary N) is 1. The summed E-state index contributed by atoms with van der Waals surface area (Å²) in [7, 11) is 0. The van der Waals surface area contributed by atoms with E-state index in [1.807, 2.05) is 0 Å². The number of rotatable bonds is 5. The lowest BCUT2D eigenvalue weighted by molar-refractivity contribution is 0.0942. The Balaban J connectivity index is 1.88. The highest BCUT2D eigenvalue weighted by molar-refractivity contribution is 6.35. The number of halogens is 2. The van der Waals surface area contributed by atoms with Crippen LogP contribution in [0, 0.1) is 0 Å². The SMILES string of the molecule is O=C(NCCC(O)c1ccoc1)c1cc(Cl)ccc1Cl. The quantitative estimate of drug-likeness (QED) is 0.888. The van der Waals surface area contributed by atoms with Crippen LogP contribution in [0.2, 0.25) is 10.0 Å². The molecule has 0 saturated heterocycles. The van der Waals surface area contributed by atoms with Gasteiger partial charge in [0.15, 0.2) is 0 Å². The Morgan fingerprint density at radius 1 is 1.35 bits per heavy atom. The number of aliphatic hydroxyl groups is 1. The molecule has 1 heterocycles. The van der Waals surface area contributed by atoms with Crippen LogP contribution < -0.4 is 5.32 Å². The van der Waals surface area contributed by atoms with E-state index in [1.165, 1.54) is 18.6 Å². The van der Waals surface area contributed by atoms with Crippen LogP contribution >= 0.6 is 23.2 Å². The summed E-state index contributed by atoms with van der Waals surface area (Å²) in [6.07, 6.45) is 2.66. The lowest BCUT2D eigenvalue weighted by atomic mass is 10.1. The van der Waals surface area contributed by atoms with Crippen molar-refractivity contribution in [2.45, 2.75) is 12.5 Å². The molecule has 0 aliphatic heterocycles. The van der Waals surface area contributed by atoms with Gasteiger partial charge in [0.25, 0.3) is 5.91 Å². The van der Waals surface area contributed by atoms with Crippen LogP contribution in [0.1, 0.15) is 28.4 Å². The van der Waals surface area contributed by atoms with Crippen molar-refractivity contribution in [3.63, 3.8) is 0 Å². The molecule has 0 bridgehead atoms. The van der Waals surface area contributed by atoms with Crippen molar-refractivity contribution in [3.05, 3.63) is 58.0 Å². The number of amides is 1. The van der Waals surface area contributed by atoms with E-state index >= 15 is 0 Å². The molecule has 0 aliphatic rings. The molecule has 0 saturated carbocycles. The van der Waals surface area contributed by atoms with Crippen LogP contribution in [-0.4, -0.2) is 17.6 Å². The second-order valence-corrected chi connectivity index (χ2v) is 5.08. The molecule has 2 N–H and O–H groups in total. The van der Waals surface area contributed by atoms with E-state index in [2.05, 4.69) is 5.32 Å². The van der Waals surface area contributed by atoms with Crippen LogP contribution in [0.5, 0.6) is 0 Å². The third-order valence-corrected chi connectivity index (χ3v) is 3.37. The van der Waals surface area contributed by atoms with E-state index < -0.39 is 6.10 Å². The first kappa shape index (κ1) is 14.9. The highest BCUT2D eigenvalue weighted by Crippen LogP contribution is 2.21. The van der Waals surface area contributed by atoms with Gasteiger partial charge in [0.05, 0.1) is 29.2 Å². The van der Waals surface area contributed by atoms with E-state index in [-0.39, 0.29) is 5.91 Å². The zero-order chi connectivity index (χ0) is 14.5. The van der Waals surface area contributed by atoms with Gasteiger partial charge < -0.3 is 14.8 Å². The second kappa shape index (κ2) is 6.79. The highest BCUT2D eigenvalue weighted by atomic mass is 35.5. The Labute approximate surface area is 126 Å². The number of carbonyl (C=O) groups excluding carboxylic acids is 1. The Morgan fingerprint density at radius 2 is 2.15 bits per heavy atom. The maximum absolute atomic E-state index is 11.9. The maximum Gasteiger partial charge on any atom is 0.252 e. The smallest absolute Gasteiger partial charge is 0.252 e. The average Bonchev–Trinajstić information content (AvgIpc) is 2.95. The van der Waals surface area contributed by atoms with Crippen LogP contribution in [0.3, 0.4) is 0 Å². The Bertz CT molecular complexity index is 584. The van der Waals surface area contributed by atoms with Gasteiger partial charge in [0.1, 0.15) is 0 Å². The van der Waals surface area contributed by atoms with Gasteiger partial charge in [-0.1, -0.05) is 23.2 Å². The third kappa shape index (κ3) is 3.76. The van der Waals surface area contributed by atoms with Gasteiger partial charge >= 0.3 is 0 Å². The molecule has 20 heavy (non-hydrogen) atoms. The van der Waals surface area contributed by atoms with Gasteiger partial charge in [-0.25, -0.2) is 0 Å². The predicted octanol–water partition coefficient (Wildman–Crippen LogP) is 3.44. The van der Waals surface area contributed by atoms with Gasteiger partial charge in [-0.3, -0.25) is 4.79 Å². The summed E-state index contributed by atoms with van der Waals surface area (Å²) in [6, 6.07) is 6.37. The number of hydrogen-bond donors (Lipinski definition) is 2. The molecule has 1 atom stereocenters. The van der Waals surface area contributed by atoms with E-state index in [1.54, 1.807) is 18.2 Å². The van der Waals surface area contributed by atoms with E-state index in [9.17, 15) is 9.90 Å². The molecule has 0 spiro atoms. The minimum atomic E-state index is -0.677. The molecule has 2 rings (SSSR count). The van der Waals surface area contributed by atoms with Gasteiger partial charge in [-0.15, -0.1) is 0 Å². The molecule has 6 heteroatoms. The molecule has 0 aliphatic carbocycles. The van der Waals surface area contributed by atoms with Crippen molar-refractivity contribution in [3.8, 4) is 0 Å². The standard InChI is InChI=1S/C14H13Cl2NO3/c15-10-1-2-12(16)11(7-10)14(19)17-5-3-13(18)9-4-6-20-8-9/h1-2,4,6-8,13,18H,3,5H2,(H,17,19). The van der Waals surface area contributed by atoms with Crippen molar-refractivity contribution >= 4 is 29.1 Å². The first-order valence-corrected chi connectivity index (χ1v) is 6.77. The monoisotopic (exact) mass is 313 g/mol. The maximum atomic E-state index is 11.9. The zero-order valence-corrected chi connectivity index (χ0v) is 12.0. The minimum absolute atomic E-state index is 0.314. The molecule has 1 unspecified atom stereocenters. The number of hydrogen-bond acceptors (Lipinski definition) is 3. The van der Waals surface area contributed by atoms with Gasteiger partial charge in [-0.05, 0) is 30.7 Å². The summed E-state index contributed by atoms with van der Waals surface area (Å²) in [5.41, 5.74) is 0.997. The largest absolute Gasteiger partial charge is 0.472 e. The third-order valence-electron chi connectivity index (χ3n) is 2.80. The lowest BCUT2D eigenvalue weighted by Gasteiger charge is -2.10. The molecule has 106 valence electrons. The fourth-order valence-corrected chi connectivity index (χ4v) is 2.10. The molecular weight excluding hydrogens is 301 g/mol. The van der Waals surface area contributed by atoms with Crippen LogP contribution in [0.25, 0.3) is 0 Å². The van der Waals surface area contributed by atoms with Crippen molar-refractivity contribution in [2.75, 3.05) is 6.54 Å². The van der Waals surface area contributed by atoms with Crippen molar-refractivity contribution in [1.82, 2.24) is 5.32 Å². The molecule has 1 aromatic heterocycles. The van der Waals surface area contributed by atoms with E-state index in [0.29, 0.717) is 34.1 Å². The molecule has 0 fully saturated rings. The zero-order valence-electron chi connectivity index (χ0n) is 10.5. The predicted molar refractivity (Wildman–Crippen MR) is 77.1 cm³/mol. The summed E-state index contributed by atoms with van der Waals surface area (Å²) in [6.45, 7) is 0.314. The first-order chi connectivity index (χ1) is 9.58. The molecule has 1 aromatic carbocycles. The normalized spacial score (nSPS) is 12.2. The summed E-state index contributed by atoms with van der Waals surface area (Å²) in [4.78, 5) is 11.9. The number of furan rings is 1. The molecule has 0 radical (unpaired) electrons. The van der Waals surface area contributed by atoms with Gasteiger partial charge in [0, 0.05) is 17.1 Å².